The molecule has 0 fully saturated rings. The molecule has 166 valence electrons. The van der Waals surface area contributed by atoms with Crippen LogP contribution in [0.4, 0.5) is 11.4 Å². The Labute approximate surface area is 176 Å². The summed E-state index contributed by atoms with van der Waals surface area (Å²) in [6.45, 7) is -0.415. The molecule has 1 aliphatic rings. The van der Waals surface area contributed by atoms with E-state index in [1.807, 2.05) is 0 Å². The molecule has 13 nitrogen and oxygen atoms in total. The molecule has 15 heteroatoms. The Morgan fingerprint density at radius 1 is 0.935 bits per heavy atom. The van der Waals surface area contributed by atoms with Gasteiger partial charge in [-0.25, -0.2) is 9.90 Å². The lowest BCUT2D eigenvalue weighted by atomic mass is 10.2. The quantitative estimate of drug-likeness (QED) is 0.197. The number of azo groups is 1. The number of nitrogens with zero attached hydrogens (tertiary/aromatic N) is 4. The Morgan fingerprint density at radius 3 is 1.94 bits per heavy atom. The third-order valence-electron chi connectivity index (χ3n) is 4.15. The van der Waals surface area contributed by atoms with Crippen molar-refractivity contribution in [2.24, 2.45) is 15.3 Å². The minimum atomic E-state index is -4.40. The minimum Gasteiger partial charge on any atom is -0.369 e. The van der Waals surface area contributed by atoms with Crippen LogP contribution in [0.2, 0.25) is 0 Å². The average Bonchev–Trinajstić information content (AvgIpc) is 3.01. The van der Waals surface area contributed by atoms with Crippen LogP contribution in [0.15, 0.2) is 73.7 Å². The van der Waals surface area contributed by atoms with Crippen LogP contribution < -0.4 is 5.01 Å². The van der Waals surface area contributed by atoms with Crippen molar-refractivity contribution in [3.8, 4) is 0 Å². The molecule has 1 heterocycles. The topological polar surface area (TPSA) is 199 Å². The largest absolute Gasteiger partial charge is 0.369 e. The van der Waals surface area contributed by atoms with E-state index in [1.54, 1.807) is 0 Å². The number of anilines is 1. The second-order valence-electron chi connectivity index (χ2n) is 6.22. The maximum Gasteiger partial charge on any atom is 0.294 e. The van der Waals surface area contributed by atoms with Gasteiger partial charge in [0.25, 0.3) is 20.2 Å². The molecule has 31 heavy (non-hydrogen) atoms. The van der Waals surface area contributed by atoms with E-state index >= 15 is 0 Å². The van der Waals surface area contributed by atoms with Crippen molar-refractivity contribution < 1.29 is 41.2 Å². The maximum atomic E-state index is 11.2. The number of benzene rings is 2. The van der Waals surface area contributed by atoms with Crippen LogP contribution in [-0.4, -0.2) is 60.9 Å². The molecule has 3 rings (SSSR count). The van der Waals surface area contributed by atoms with Crippen LogP contribution in [-0.2, 0) is 25.1 Å². The van der Waals surface area contributed by atoms with Gasteiger partial charge in [-0.1, -0.05) is 0 Å². The minimum absolute atomic E-state index is 0.0900. The van der Waals surface area contributed by atoms with Crippen molar-refractivity contribution in [2.75, 3.05) is 11.6 Å². The molecule has 0 amide bonds. The van der Waals surface area contributed by atoms with Crippen LogP contribution >= 0.6 is 0 Å². The summed E-state index contributed by atoms with van der Waals surface area (Å²) in [7, 11) is -8.76. The molecule has 2 aromatic carbocycles. The van der Waals surface area contributed by atoms with Crippen LogP contribution in [0.25, 0.3) is 0 Å². The zero-order chi connectivity index (χ0) is 22.8. The molecule has 2 atom stereocenters. The molecule has 0 saturated heterocycles. The van der Waals surface area contributed by atoms with E-state index in [2.05, 4.69) is 20.2 Å². The Bertz CT molecular complexity index is 1210. The summed E-state index contributed by atoms with van der Waals surface area (Å²) in [5.41, 5.74) is 0.553. The van der Waals surface area contributed by atoms with Gasteiger partial charge >= 0.3 is 0 Å². The number of hydrazone groups is 1. The van der Waals surface area contributed by atoms with Gasteiger partial charge in [0.05, 0.1) is 26.9 Å². The van der Waals surface area contributed by atoms with E-state index in [-0.39, 0.29) is 26.9 Å². The summed E-state index contributed by atoms with van der Waals surface area (Å²) in [5, 5.41) is 32.4. The molecule has 0 radical (unpaired) electrons. The molecule has 0 aliphatic carbocycles. The van der Waals surface area contributed by atoms with Crippen molar-refractivity contribution in [3.05, 3.63) is 48.5 Å². The van der Waals surface area contributed by atoms with E-state index in [0.29, 0.717) is 0 Å². The summed E-state index contributed by atoms with van der Waals surface area (Å²) >= 11 is 0. The summed E-state index contributed by atoms with van der Waals surface area (Å²) in [6.07, 6.45) is -1.40. The van der Waals surface area contributed by atoms with Crippen LogP contribution in [0.5, 0.6) is 0 Å². The van der Waals surface area contributed by atoms with Crippen molar-refractivity contribution in [3.63, 3.8) is 0 Å². The first kappa shape index (κ1) is 22.9. The van der Waals surface area contributed by atoms with Gasteiger partial charge in [0.2, 0.25) is 0 Å². The summed E-state index contributed by atoms with van der Waals surface area (Å²) in [6, 6.07) is 8.50. The smallest absolute Gasteiger partial charge is 0.294 e. The van der Waals surface area contributed by atoms with Gasteiger partial charge in [0.1, 0.15) is 6.61 Å². The van der Waals surface area contributed by atoms with Gasteiger partial charge in [-0.3, -0.25) is 14.4 Å². The predicted octanol–water partition coefficient (Wildman–Crippen LogP) is 1.32. The molecule has 4 N–H and O–H groups in total. The number of aliphatic hydroxyl groups is 1. The standard InChI is InChI=1S/C16H16N4O9S2/c21-16-15(18-17-10-1-5-12(6-2-10)30(23,24)25)14(9-29-22)19-20(16)11-3-7-13(8-4-11)31(26,27)28/h1-8,15-16,21-22H,9H2,(H,23,24,25)(H,26,27,28). The summed E-state index contributed by atoms with van der Waals surface area (Å²) in [5.74, 6) is 0. The Kier molecular flexibility index (Phi) is 6.46. The predicted molar refractivity (Wildman–Crippen MR) is 105 cm³/mol. The third-order valence-corrected chi connectivity index (χ3v) is 5.89. The number of hydrogen-bond acceptors (Lipinski definition) is 11. The van der Waals surface area contributed by atoms with Crippen molar-refractivity contribution >= 4 is 37.3 Å². The maximum absolute atomic E-state index is 11.2. The zero-order valence-electron chi connectivity index (χ0n) is 15.4. The Morgan fingerprint density at radius 2 is 1.45 bits per heavy atom. The Balaban J connectivity index is 1.84. The molecular formula is C16H16N4O9S2. The van der Waals surface area contributed by atoms with Crippen molar-refractivity contribution in [1.82, 2.24) is 0 Å². The lowest BCUT2D eigenvalue weighted by Gasteiger charge is -2.20. The molecule has 0 aromatic heterocycles. The van der Waals surface area contributed by atoms with Crippen LogP contribution in [0.1, 0.15) is 0 Å². The van der Waals surface area contributed by atoms with E-state index in [1.165, 1.54) is 24.3 Å². The first-order chi connectivity index (χ1) is 14.5. The fraction of sp³-hybridized carbons (Fsp3) is 0.188. The molecule has 2 unspecified atom stereocenters. The van der Waals surface area contributed by atoms with E-state index in [9.17, 15) is 21.9 Å². The molecule has 1 aliphatic heterocycles. The van der Waals surface area contributed by atoms with Gasteiger partial charge in [-0.05, 0) is 48.5 Å². The third kappa shape index (κ3) is 5.28. The van der Waals surface area contributed by atoms with Crippen molar-refractivity contribution in [1.29, 1.82) is 0 Å². The number of aliphatic hydroxyl groups excluding tert-OH is 1. The Hall–Kier alpha value is -2.79. The van der Waals surface area contributed by atoms with Gasteiger partial charge in [0.15, 0.2) is 12.3 Å². The van der Waals surface area contributed by atoms with E-state index in [4.69, 9.17) is 14.4 Å². The van der Waals surface area contributed by atoms with Crippen molar-refractivity contribution in [2.45, 2.75) is 22.1 Å². The van der Waals surface area contributed by atoms with Gasteiger partial charge in [-0.15, -0.1) is 0 Å². The van der Waals surface area contributed by atoms with E-state index in [0.717, 1.165) is 29.3 Å². The SMILES string of the molecule is O=S(=O)(O)c1ccc(N=NC2C(COO)=NN(c3ccc(S(=O)(=O)O)cc3)C2O)cc1. The molecule has 0 spiro atoms. The summed E-state index contributed by atoms with van der Waals surface area (Å²) in [4.78, 5) is 3.40. The fourth-order valence-electron chi connectivity index (χ4n) is 2.66. The van der Waals surface area contributed by atoms with Gasteiger partial charge < -0.3 is 5.11 Å². The second-order valence-corrected chi connectivity index (χ2v) is 9.06. The molecule has 0 saturated carbocycles. The van der Waals surface area contributed by atoms with Crippen LogP contribution in [0.3, 0.4) is 0 Å². The number of hydrogen-bond donors (Lipinski definition) is 4. The lowest BCUT2D eigenvalue weighted by molar-refractivity contribution is -0.228. The molecule has 0 bridgehead atoms. The monoisotopic (exact) mass is 472 g/mol. The highest BCUT2D eigenvalue weighted by Crippen LogP contribution is 2.27. The zero-order valence-corrected chi connectivity index (χ0v) is 17.0. The molecular weight excluding hydrogens is 456 g/mol. The van der Waals surface area contributed by atoms with E-state index < -0.39 is 39.1 Å². The highest BCUT2D eigenvalue weighted by Gasteiger charge is 2.37. The lowest BCUT2D eigenvalue weighted by Crippen LogP contribution is -2.36. The fourth-order valence-corrected chi connectivity index (χ4v) is 3.62. The highest BCUT2D eigenvalue weighted by atomic mass is 32.2. The van der Waals surface area contributed by atoms with Crippen LogP contribution in [0, 0.1) is 0 Å². The molecule has 2 aromatic rings. The first-order valence-electron chi connectivity index (χ1n) is 8.38. The van der Waals surface area contributed by atoms with Gasteiger partial charge in [0, 0.05) is 0 Å². The highest BCUT2D eigenvalue weighted by molar-refractivity contribution is 7.86. The second kappa shape index (κ2) is 8.75. The van der Waals surface area contributed by atoms with Gasteiger partial charge in [-0.2, -0.15) is 32.2 Å². The normalized spacial score (nSPS) is 19.7. The average molecular weight is 472 g/mol. The first-order valence-corrected chi connectivity index (χ1v) is 11.3. The number of rotatable bonds is 7. The summed E-state index contributed by atoms with van der Waals surface area (Å²) < 4.78 is 62.5.